The molecule has 0 bridgehead atoms. The molecule has 25 heavy (non-hydrogen) atoms. The second kappa shape index (κ2) is 34.8. The number of Topliss-reactive ketones (excluding diaryl/α,β-unsaturated/α-hetero) is 2. The normalized spacial score (nSPS) is 8.12. The number of carbonyl (C=O) groups excluding carboxylic acids is 2. The summed E-state index contributed by atoms with van der Waals surface area (Å²) in [6, 6.07) is 0. The molecule has 150 valence electrons. The monoisotopic (exact) mass is 442 g/mol. The van der Waals surface area contributed by atoms with E-state index in [0.717, 1.165) is 38.5 Å². The van der Waals surface area contributed by atoms with E-state index in [1.54, 1.807) is 0 Å². The van der Waals surface area contributed by atoms with Gasteiger partial charge < -0.3 is 20.4 Å². The van der Waals surface area contributed by atoms with E-state index in [9.17, 15) is 14.4 Å². The van der Waals surface area contributed by atoms with Crippen LogP contribution in [0.4, 0.5) is 0 Å². The Morgan fingerprint density at radius 2 is 1.00 bits per heavy atom. The molecule has 0 saturated carbocycles. The van der Waals surface area contributed by atoms with Crippen molar-refractivity contribution in [1.29, 1.82) is 0 Å². The van der Waals surface area contributed by atoms with Gasteiger partial charge in [-0.05, 0) is 26.2 Å². The maximum atomic E-state index is 10.1. The standard InChI is InChI=1S/C5H6O4.3C4H10O.Zr/c1-3(6)2-4(7)5(8)9;3*1-2-3-4-5;/h2H2,1H3,(H,8,9);3*5H,2-4H2,1H3;. The van der Waals surface area contributed by atoms with E-state index in [4.69, 9.17) is 20.4 Å². The van der Waals surface area contributed by atoms with Crippen molar-refractivity contribution in [3.05, 3.63) is 0 Å². The molecule has 7 nitrogen and oxygen atoms in total. The summed E-state index contributed by atoms with van der Waals surface area (Å²) in [7, 11) is 0. The number of hydrogen-bond donors (Lipinski definition) is 4. The first-order chi connectivity index (χ1) is 11.3. The minimum atomic E-state index is -1.55. The SMILES string of the molecule is CC(=O)CC(=O)C(=O)O.CCCCO.CCCCO.CCCCO.[Zr]. The molecule has 0 amide bonds. The zero-order chi connectivity index (χ0) is 19.8. The van der Waals surface area contributed by atoms with E-state index in [1.165, 1.54) is 6.92 Å². The molecule has 0 spiro atoms. The molecule has 0 aliphatic heterocycles. The smallest absolute Gasteiger partial charge is 0.372 e. The Labute approximate surface area is 171 Å². The summed E-state index contributed by atoms with van der Waals surface area (Å²) in [5.41, 5.74) is 0. The summed E-state index contributed by atoms with van der Waals surface area (Å²) >= 11 is 0. The van der Waals surface area contributed by atoms with Crippen LogP contribution in [0.3, 0.4) is 0 Å². The first-order valence-electron chi connectivity index (χ1n) is 8.36. The van der Waals surface area contributed by atoms with Gasteiger partial charge in [0.2, 0.25) is 5.78 Å². The van der Waals surface area contributed by atoms with E-state index in [1.807, 2.05) is 0 Å². The van der Waals surface area contributed by atoms with Gasteiger partial charge in [0.1, 0.15) is 5.78 Å². The van der Waals surface area contributed by atoms with Gasteiger partial charge in [-0.15, -0.1) is 0 Å². The summed E-state index contributed by atoms with van der Waals surface area (Å²) in [5.74, 6) is -3.03. The predicted octanol–water partition coefficient (Wildman–Crippen LogP) is 1.95. The van der Waals surface area contributed by atoms with E-state index in [0.29, 0.717) is 19.8 Å². The topological polar surface area (TPSA) is 132 Å². The van der Waals surface area contributed by atoms with Gasteiger partial charge in [-0.25, -0.2) is 4.79 Å². The van der Waals surface area contributed by atoms with Crippen LogP contribution in [0, 0.1) is 0 Å². The summed E-state index contributed by atoms with van der Waals surface area (Å²) in [4.78, 5) is 29.9. The number of aliphatic hydroxyl groups is 3. The number of aliphatic hydroxyl groups excluding tert-OH is 3. The molecule has 0 aromatic rings. The van der Waals surface area contributed by atoms with E-state index in [2.05, 4.69) is 20.8 Å². The van der Waals surface area contributed by atoms with Crippen molar-refractivity contribution in [3.63, 3.8) is 0 Å². The summed E-state index contributed by atoms with van der Waals surface area (Å²) in [6.07, 6.45) is 5.61. The Morgan fingerprint density at radius 3 is 1.04 bits per heavy atom. The Hall–Kier alpha value is -0.427. The number of ketones is 2. The number of hydrogen-bond acceptors (Lipinski definition) is 6. The number of unbranched alkanes of at least 4 members (excludes halogenated alkanes) is 3. The van der Waals surface area contributed by atoms with Crippen molar-refractivity contribution < 1.29 is 61.0 Å². The molecule has 0 aromatic heterocycles. The summed E-state index contributed by atoms with van der Waals surface area (Å²) < 4.78 is 0. The van der Waals surface area contributed by atoms with Crippen molar-refractivity contribution >= 4 is 17.5 Å². The van der Waals surface area contributed by atoms with Crippen molar-refractivity contribution in [1.82, 2.24) is 0 Å². The summed E-state index contributed by atoms with van der Waals surface area (Å²) in [5, 5.41) is 32.1. The molecule has 0 aliphatic carbocycles. The quantitative estimate of drug-likeness (QED) is 0.316. The molecule has 0 unspecified atom stereocenters. The van der Waals surface area contributed by atoms with Gasteiger partial charge in [0.05, 0.1) is 6.42 Å². The van der Waals surface area contributed by atoms with E-state index < -0.39 is 24.0 Å². The molecule has 0 aliphatic rings. The van der Waals surface area contributed by atoms with Gasteiger partial charge in [-0.2, -0.15) is 0 Å². The second-order valence-corrected chi connectivity index (χ2v) is 4.84. The van der Waals surface area contributed by atoms with Crippen LogP contribution in [0.15, 0.2) is 0 Å². The average molecular weight is 444 g/mol. The maximum absolute atomic E-state index is 10.1. The molecule has 0 saturated heterocycles. The maximum Gasteiger partial charge on any atom is 0.372 e. The Morgan fingerprint density at radius 1 is 0.720 bits per heavy atom. The van der Waals surface area contributed by atoms with Crippen LogP contribution >= 0.6 is 0 Å². The van der Waals surface area contributed by atoms with Gasteiger partial charge >= 0.3 is 5.97 Å². The molecule has 4 N–H and O–H groups in total. The first-order valence-corrected chi connectivity index (χ1v) is 8.36. The van der Waals surface area contributed by atoms with Crippen molar-refractivity contribution in [2.75, 3.05) is 19.8 Å². The molecular weight excluding hydrogens is 407 g/mol. The predicted molar refractivity (Wildman–Crippen MR) is 93.9 cm³/mol. The van der Waals surface area contributed by atoms with E-state index >= 15 is 0 Å². The van der Waals surface area contributed by atoms with Crippen LogP contribution in [0.25, 0.3) is 0 Å². The van der Waals surface area contributed by atoms with Gasteiger partial charge in [-0.3, -0.25) is 9.59 Å². The molecule has 0 radical (unpaired) electrons. The van der Waals surface area contributed by atoms with Crippen molar-refractivity contribution in [3.8, 4) is 0 Å². The minimum absolute atomic E-state index is 0. The Bertz CT molecular complexity index is 264. The fourth-order valence-corrected chi connectivity index (χ4v) is 0.776. The molecular formula is C17H36O7Zr. The van der Waals surface area contributed by atoms with Gasteiger partial charge in [0.15, 0.2) is 0 Å². The molecule has 0 heterocycles. The first kappa shape index (κ1) is 35.6. The zero-order valence-corrected chi connectivity index (χ0v) is 18.5. The van der Waals surface area contributed by atoms with Gasteiger partial charge in [-0.1, -0.05) is 40.0 Å². The largest absolute Gasteiger partial charge is 0.475 e. The van der Waals surface area contributed by atoms with Crippen LogP contribution in [0.2, 0.25) is 0 Å². The fraction of sp³-hybridized carbons (Fsp3) is 0.824. The number of carbonyl (C=O) groups is 3. The second-order valence-electron chi connectivity index (χ2n) is 4.84. The van der Waals surface area contributed by atoms with Crippen molar-refractivity contribution in [2.45, 2.75) is 72.6 Å². The molecule has 0 atom stereocenters. The Kier molecular flexibility index (Phi) is 49.6. The minimum Gasteiger partial charge on any atom is -0.475 e. The zero-order valence-electron chi connectivity index (χ0n) is 16.1. The third-order valence-corrected chi connectivity index (χ3v) is 2.18. The van der Waals surface area contributed by atoms with E-state index in [-0.39, 0.29) is 26.2 Å². The number of carboxylic acids is 1. The van der Waals surface area contributed by atoms with Crippen LogP contribution in [-0.4, -0.2) is 57.8 Å². The van der Waals surface area contributed by atoms with Crippen LogP contribution < -0.4 is 0 Å². The molecule has 0 aromatic carbocycles. The van der Waals surface area contributed by atoms with Gasteiger partial charge in [0, 0.05) is 46.0 Å². The van der Waals surface area contributed by atoms with Crippen molar-refractivity contribution in [2.24, 2.45) is 0 Å². The third-order valence-electron chi connectivity index (χ3n) is 2.18. The average Bonchev–Trinajstić information content (AvgIpc) is 2.51. The molecule has 0 rings (SSSR count). The van der Waals surface area contributed by atoms with Gasteiger partial charge in [0.25, 0.3) is 0 Å². The molecule has 0 fully saturated rings. The molecule has 8 heteroatoms. The number of carboxylic acid groups (broad SMARTS) is 1. The number of aliphatic carboxylic acids is 1. The number of rotatable bonds is 9. The van der Waals surface area contributed by atoms with Crippen LogP contribution in [0.5, 0.6) is 0 Å². The summed E-state index contributed by atoms with van der Waals surface area (Å²) in [6.45, 7) is 8.35. The Balaban J connectivity index is -0.0000000733. The van der Waals surface area contributed by atoms with Crippen LogP contribution in [0.1, 0.15) is 72.6 Å². The third kappa shape index (κ3) is 59.6. The van der Waals surface area contributed by atoms with Crippen LogP contribution in [-0.2, 0) is 40.6 Å². The fourth-order valence-electron chi connectivity index (χ4n) is 0.776.